The summed E-state index contributed by atoms with van der Waals surface area (Å²) in [6.45, 7) is 6.15. The molecule has 0 fully saturated rings. The Labute approximate surface area is 150 Å². The van der Waals surface area contributed by atoms with Crippen LogP contribution in [0.15, 0.2) is 30.5 Å². The first-order chi connectivity index (χ1) is 12.0. The minimum absolute atomic E-state index is 0.0322. The Bertz CT molecular complexity index is 939. The largest absolute Gasteiger partial charge is 0.346 e. The first kappa shape index (κ1) is 17.4. The number of rotatable bonds is 6. The van der Waals surface area contributed by atoms with Gasteiger partial charge >= 0.3 is 0 Å². The molecule has 25 heavy (non-hydrogen) atoms. The molecule has 0 spiro atoms. The van der Waals surface area contributed by atoms with Gasteiger partial charge in [0.15, 0.2) is 10.9 Å². The summed E-state index contributed by atoms with van der Waals surface area (Å²) in [7, 11) is 0. The molecular formula is C19H21N3O2S. The Morgan fingerprint density at radius 1 is 1.28 bits per heavy atom. The normalized spacial score (nSPS) is 11.0. The highest BCUT2D eigenvalue weighted by Gasteiger charge is 2.13. The maximum atomic E-state index is 12.2. The molecule has 2 heterocycles. The van der Waals surface area contributed by atoms with Crippen LogP contribution in [0.1, 0.15) is 41.2 Å². The number of para-hydroxylation sites is 1. The number of Topliss-reactive ketones (excluding diaryl/α,β-unsaturated/α-hetero) is 1. The molecule has 0 radical (unpaired) electrons. The molecule has 5 nitrogen and oxygen atoms in total. The van der Waals surface area contributed by atoms with E-state index in [0.29, 0.717) is 23.7 Å². The summed E-state index contributed by atoms with van der Waals surface area (Å²) in [5, 5.41) is 4.46. The van der Waals surface area contributed by atoms with Gasteiger partial charge in [-0.2, -0.15) is 0 Å². The number of hydrogen-bond acceptors (Lipinski definition) is 4. The summed E-state index contributed by atoms with van der Waals surface area (Å²) < 4.78 is 1.97. The number of ketones is 1. The number of carbonyl (C=O) groups is 2. The number of anilines is 1. The van der Waals surface area contributed by atoms with Crippen LogP contribution in [0.4, 0.5) is 5.13 Å². The SMILES string of the molecule is CCc1nc(NC(=O)CCn2cc(C(C)=O)c3ccccc32)sc1C. The van der Waals surface area contributed by atoms with Gasteiger partial charge in [0.1, 0.15) is 0 Å². The van der Waals surface area contributed by atoms with Gasteiger partial charge in [-0.3, -0.25) is 9.59 Å². The molecule has 0 aliphatic heterocycles. The Balaban J connectivity index is 1.72. The van der Waals surface area contributed by atoms with Crippen LogP contribution in [-0.2, 0) is 17.8 Å². The van der Waals surface area contributed by atoms with Crippen molar-refractivity contribution in [2.45, 2.75) is 40.2 Å². The lowest BCUT2D eigenvalue weighted by atomic mass is 10.1. The highest BCUT2D eigenvalue weighted by atomic mass is 32.1. The predicted molar refractivity (Wildman–Crippen MR) is 101 cm³/mol. The summed E-state index contributed by atoms with van der Waals surface area (Å²) in [6, 6.07) is 7.76. The molecule has 0 aliphatic carbocycles. The Morgan fingerprint density at radius 3 is 2.72 bits per heavy atom. The Kier molecular flexibility index (Phi) is 4.99. The van der Waals surface area contributed by atoms with E-state index in [9.17, 15) is 9.59 Å². The van der Waals surface area contributed by atoms with Crippen molar-refractivity contribution in [2.75, 3.05) is 5.32 Å². The first-order valence-electron chi connectivity index (χ1n) is 8.34. The van der Waals surface area contributed by atoms with Gasteiger partial charge in [0, 0.05) is 40.5 Å². The number of aryl methyl sites for hydroxylation is 3. The molecule has 0 aliphatic rings. The van der Waals surface area contributed by atoms with Crippen molar-refractivity contribution in [3.05, 3.63) is 46.6 Å². The number of amides is 1. The molecule has 3 aromatic rings. The molecule has 0 bridgehead atoms. The molecule has 0 atom stereocenters. The van der Waals surface area contributed by atoms with Crippen LogP contribution < -0.4 is 5.32 Å². The lowest BCUT2D eigenvalue weighted by Crippen LogP contribution is -2.14. The molecule has 0 saturated heterocycles. The second kappa shape index (κ2) is 7.19. The maximum absolute atomic E-state index is 12.2. The van der Waals surface area contributed by atoms with Crippen LogP contribution in [0.3, 0.4) is 0 Å². The van der Waals surface area contributed by atoms with Crippen molar-refractivity contribution in [3.8, 4) is 0 Å². The van der Waals surface area contributed by atoms with Crippen molar-refractivity contribution in [2.24, 2.45) is 0 Å². The van der Waals surface area contributed by atoms with Gasteiger partial charge in [-0.25, -0.2) is 4.98 Å². The molecule has 1 aromatic carbocycles. The van der Waals surface area contributed by atoms with E-state index in [0.717, 1.165) is 27.9 Å². The lowest BCUT2D eigenvalue weighted by molar-refractivity contribution is -0.116. The molecule has 2 aromatic heterocycles. The third-order valence-electron chi connectivity index (χ3n) is 4.22. The number of aromatic nitrogens is 2. The number of thiazole rings is 1. The number of nitrogens with zero attached hydrogens (tertiary/aromatic N) is 2. The Morgan fingerprint density at radius 2 is 2.04 bits per heavy atom. The number of carbonyl (C=O) groups excluding carboxylic acids is 2. The van der Waals surface area contributed by atoms with Crippen LogP contribution in [0.25, 0.3) is 10.9 Å². The van der Waals surface area contributed by atoms with Crippen molar-refractivity contribution < 1.29 is 9.59 Å². The molecule has 0 saturated carbocycles. The summed E-state index contributed by atoms with van der Waals surface area (Å²) >= 11 is 1.51. The monoisotopic (exact) mass is 355 g/mol. The zero-order chi connectivity index (χ0) is 18.0. The first-order valence-corrected chi connectivity index (χ1v) is 9.16. The predicted octanol–water partition coefficient (Wildman–Crippen LogP) is 4.20. The highest BCUT2D eigenvalue weighted by Crippen LogP contribution is 2.24. The molecule has 130 valence electrons. The highest BCUT2D eigenvalue weighted by molar-refractivity contribution is 7.15. The zero-order valence-corrected chi connectivity index (χ0v) is 15.4. The molecule has 3 rings (SSSR count). The molecule has 0 unspecified atom stereocenters. The number of benzene rings is 1. The quantitative estimate of drug-likeness (QED) is 0.674. The average Bonchev–Trinajstić information content (AvgIpc) is 3.13. The summed E-state index contributed by atoms with van der Waals surface area (Å²) in [5.74, 6) is -0.0386. The standard InChI is InChI=1S/C19H21N3O2S/c1-4-16-13(3)25-19(20-16)21-18(24)9-10-22-11-15(12(2)23)14-7-5-6-8-17(14)22/h5-8,11H,4,9-10H2,1-3H3,(H,20,21,24). The molecular weight excluding hydrogens is 334 g/mol. The van der Waals surface area contributed by atoms with Crippen molar-refractivity contribution in [1.82, 2.24) is 9.55 Å². The number of nitrogens with one attached hydrogen (secondary N) is 1. The van der Waals surface area contributed by atoms with Crippen LogP contribution in [0.5, 0.6) is 0 Å². The van der Waals surface area contributed by atoms with Crippen molar-refractivity contribution in [3.63, 3.8) is 0 Å². The zero-order valence-electron chi connectivity index (χ0n) is 14.6. The third kappa shape index (κ3) is 3.64. The number of hydrogen-bond donors (Lipinski definition) is 1. The second-order valence-corrected chi connectivity index (χ2v) is 7.19. The minimum Gasteiger partial charge on any atom is -0.346 e. The molecule has 1 amide bonds. The van der Waals surface area contributed by atoms with Gasteiger partial charge in [0.2, 0.25) is 5.91 Å². The third-order valence-corrected chi connectivity index (χ3v) is 5.15. The fourth-order valence-corrected chi connectivity index (χ4v) is 3.84. The summed E-state index contributed by atoms with van der Waals surface area (Å²) in [4.78, 5) is 29.6. The van der Waals surface area contributed by atoms with Crippen LogP contribution in [-0.4, -0.2) is 21.2 Å². The maximum Gasteiger partial charge on any atom is 0.227 e. The van der Waals surface area contributed by atoms with E-state index in [1.54, 1.807) is 6.92 Å². The van der Waals surface area contributed by atoms with Gasteiger partial charge in [-0.05, 0) is 26.3 Å². The fraction of sp³-hybridized carbons (Fsp3) is 0.316. The molecule has 1 N–H and O–H groups in total. The van der Waals surface area contributed by atoms with E-state index in [2.05, 4.69) is 17.2 Å². The van der Waals surface area contributed by atoms with E-state index >= 15 is 0 Å². The fourth-order valence-electron chi connectivity index (χ4n) is 2.93. The summed E-state index contributed by atoms with van der Waals surface area (Å²) in [5.41, 5.74) is 2.70. The molecule has 6 heteroatoms. The lowest BCUT2D eigenvalue weighted by Gasteiger charge is -2.05. The van der Waals surface area contributed by atoms with E-state index in [4.69, 9.17) is 0 Å². The van der Waals surface area contributed by atoms with Gasteiger partial charge in [-0.15, -0.1) is 11.3 Å². The van der Waals surface area contributed by atoms with Gasteiger partial charge in [0.05, 0.1) is 5.69 Å². The van der Waals surface area contributed by atoms with Gasteiger partial charge < -0.3 is 9.88 Å². The van der Waals surface area contributed by atoms with Crippen LogP contribution in [0.2, 0.25) is 0 Å². The topological polar surface area (TPSA) is 64.0 Å². The van der Waals surface area contributed by atoms with E-state index in [-0.39, 0.29) is 11.7 Å². The van der Waals surface area contributed by atoms with Crippen LogP contribution in [0, 0.1) is 6.92 Å². The van der Waals surface area contributed by atoms with Crippen molar-refractivity contribution in [1.29, 1.82) is 0 Å². The van der Waals surface area contributed by atoms with E-state index in [1.165, 1.54) is 11.3 Å². The van der Waals surface area contributed by atoms with E-state index < -0.39 is 0 Å². The van der Waals surface area contributed by atoms with Crippen molar-refractivity contribution >= 4 is 39.1 Å². The Hall–Kier alpha value is -2.47. The van der Waals surface area contributed by atoms with Gasteiger partial charge in [0.25, 0.3) is 0 Å². The smallest absolute Gasteiger partial charge is 0.227 e. The average molecular weight is 355 g/mol. The minimum atomic E-state index is -0.0708. The second-order valence-electron chi connectivity index (χ2n) is 5.98. The number of fused-ring (bicyclic) bond motifs is 1. The van der Waals surface area contributed by atoms with E-state index in [1.807, 2.05) is 42.0 Å². The summed E-state index contributed by atoms with van der Waals surface area (Å²) in [6.07, 6.45) is 3.03. The van der Waals surface area contributed by atoms with Gasteiger partial charge in [-0.1, -0.05) is 25.1 Å². The van der Waals surface area contributed by atoms with Crippen LogP contribution >= 0.6 is 11.3 Å².